The van der Waals surface area contributed by atoms with Gasteiger partial charge in [-0.3, -0.25) is 0 Å². The average Bonchev–Trinajstić information content (AvgIpc) is 2.59. The molecule has 1 atom stereocenters. The lowest BCUT2D eigenvalue weighted by molar-refractivity contribution is 0.129. The van der Waals surface area contributed by atoms with Crippen molar-refractivity contribution in [2.75, 3.05) is 13.7 Å². The van der Waals surface area contributed by atoms with Crippen LogP contribution in [0.15, 0.2) is 54.6 Å². The molecule has 1 amide bonds. The molecule has 5 nitrogen and oxygen atoms in total. The molecule has 0 saturated carbocycles. The van der Waals surface area contributed by atoms with Crippen LogP contribution < -0.4 is 10.1 Å². The molecule has 2 rings (SSSR count). The van der Waals surface area contributed by atoms with Gasteiger partial charge in [-0.05, 0) is 23.3 Å². The second-order valence-corrected chi connectivity index (χ2v) is 4.71. The number of rotatable bonds is 6. The van der Waals surface area contributed by atoms with Gasteiger partial charge in [-0.2, -0.15) is 0 Å². The summed E-state index contributed by atoms with van der Waals surface area (Å²) in [5.41, 5.74) is 1.68. The minimum atomic E-state index is -0.571. The van der Waals surface area contributed by atoms with Gasteiger partial charge in [0.15, 0.2) is 0 Å². The summed E-state index contributed by atoms with van der Waals surface area (Å²) < 4.78 is 10.2. The normalized spacial score (nSPS) is 11.5. The minimum absolute atomic E-state index is 0.188. The van der Waals surface area contributed by atoms with E-state index in [0.29, 0.717) is 5.75 Å². The maximum Gasteiger partial charge on any atom is 0.408 e. The Bertz CT molecular complexity index is 583. The van der Waals surface area contributed by atoms with E-state index < -0.39 is 12.1 Å². The van der Waals surface area contributed by atoms with Crippen LogP contribution in [0.4, 0.5) is 4.79 Å². The number of amides is 1. The van der Waals surface area contributed by atoms with Crippen LogP contribution in [0.1, 0.15) is 17.2 Å². The molecule has 116 valence electrons. The Labute approximate surface area is 129 Å². The van der Waals surface area contributed by atoms with Crippen LogP contribution in [0.3, 0.4) is 0 Å². The molecule has 2 aromatic rings. The van der Waals surface area contributed by atoms with Crippen LogP contribution >= 0.6 is 0 Å². The number of carbonyl (C=O) groups excluding carboxylic acids is 1. The highest BCUT2D eigenvalue weighted by Crippen LogP contribution is 2.17. The third-order valence-electron chi connectivity index (χ3n) is 3.21. The lowest BCUT2D eigenvalue weighted by Gasteiger charge is -2.17. The van der Waals surface area contributed by atoms with Crippen LogP contribution in [0.2, 0.25) is 0 Å². The number of benzene rings is 2. The van der Waals surface area contributed by atoms with E-state index in [2.05, 4.69) is 5.32 Å². The highest BCUT2D eigenvalue weighted by Gasteiger charge is 2.14. The molecule has 0 aliphatic rings. The van der Waals surface area contributed by atoms with Crippen molar-refractivity contribution in [3.63, 3.8) is 0 Å². The first kappa shape index (κ1) is 15.9. The fourth-order valence-electron chi connectivity index (χ4n) is 1.98. The lowest BCUT2D eigenvalue weighted by atomic mass is 10.1. The monoisotopic (exact) mass is 301 g/mol. The number of methoxy groups -OCH3 is 1. The predicted octanol–water partition coefficient (Wildman–Crippen LogP) is 2.66. The van der Waals surface area contributed by atoms with E-state index in [9.17, 15) is 9.90 Å². The van der Waals surface area contributed by atoms with Gasteiger partial charge >= 0.3 is 6.09 Å². The predicted molar refractivity (Wildman–Crippen MR) is 82.6 cm³/mol. The lowest BCUT2D eigenvalue weighted by Crippen LogP contribution is -2.31. The zero-order chi connectivity index (χ0) is 15.8. The molecule has 0 radical (unpaired) electrons. The number of hydrogen-bond acceptors (Lipinski definition) is 4. The fourth-order valence-corrected chi connectivity index (χ4v) is 1.98. The third-order valence-corrected chi connectivity index (χ3v) is 3.21. The molecule has 22 heavy (non-hydrogen) atoms. The molecule has 0 aliphatic heterocycles. The van der Waals surface area contributed by atoms with E-state index in [1.54, 1.807) is 31.4 Å². The van der Waals surface area contributed by atoms with E-state index in [4.69, 9.17) is 9.47 Å². The Hall–Kier alpha value is -2.53. The second kappa shape index (κ2) is 8.05. The molecule has 0 heterocycles. The number of ether oxygens (including phenoxy) is 2. The zero-order valence-corrected chi connectivity index (χ0v) is 12.4. The summed E-state index contributed by atoms with van der Waals surface area (Å²) >= 11 is 0. The van der Waals surface area contributed by atoms with Gasteiger partial charge in [-0.25, -0.2) is 4.79 Å². The zero-order valence-electron chi connectivity index (χ0n) is 12.4. The van der Waals surface area contributed by atoms with E-state index >= 15 is 0 Å². The minimum Gasteiger partial charge on any atom is -0.497 e. The Kier molecular flexibility index (Phi) is 5.80. The third kappa shape index (κ3) is 4.49. The molecule has 0 saturated heterocycles. The van der Waals surface area contributed by atoms with Crippen molar-refractivity contribution >= 4 is 6.09 Å². The molecular formula is C17H19NO4. The van der Waals surface area contributed by atoms with Gasteiger partial charge in [0.1, 0.15) is 12.4 Å². The van der Waals surface area contributed by atoms with Crippen molar-refractivity contribution in [3.8, 4) is 5.75 Å². The number of aliphatic hydroxyl groups excluding tert-OH is 1. The van der Waals surface area contributed by atoms with Crippen molar-refractivity contribution in [1.82, 2.24) is 5.32 Å². The van der Waals surface area contributed by atoms with Crippen molar-refractivity contribution in [3.05, 3.63) is 65.7 Å². The van der Waals surface area contributed by atoms with Crippen LogP contribution in [0.25, 0.3) is 0 Å². The molecule has 0 bridgehead atoms. The van der Waals surface area contributed by atoms with E-state index in [0.717, 1.165) is 11.1 Å². The summed E-state index contributed by atoms with van der Waals surface area (Å²) in [5, 5.41) is 12.1. The summed E-state index contributed by atoms with van der Waals surface area (Å²) in [4.78, 5) is 11.8. The van der Waals surface area contributed by atoms with Gasteiger partial charge in [0.05, 0.1) is 19.8 Å². The summed E-state index contributed by atoms with van der Waals surface area (Å²) in [6, 6.07) is 16.0. The summed E-state index contributed by atoms with van der Waals surface area (Å²) in [6.45, 7) is -0.0276. The molecule has 2 aromatic carbocycles. The highest BCUT2D eigenvalue weighted by molar-refractivity contribution is 5.68. The van der Waals surface area contributed by atoms with Crippen molar-refractivity contribution < 1.29 is 19.4 Å². The first-order valence-electron chi connectivity index (χ1n) is 6.95. The largest absolute Gasteiger partial charge is 0.497 e. The maximum absolute atomic E-state index is 11.8. The van der Waals surface area contributed by atoms with Crippen LogP contribution in [0, 0.1) is 0 Å². The van der Waals surface area contributed by atoms with Gasteiger partial charge in [-0.15, -0.1) is 0 Å². The van der Waals surface area contributed by atoms with Crippen molar-refractivity contribution in [2.45, 2.75) is 12.6 Å². The highest BCUT2D eigenvalue weighted by atomic mass is 16.5. The molecule has 0 spiro atoms. The summed E-state index contributed by atoms with van der Waals surface area (Å²) in [6.07, 6.45) is -0.571. The SMILES string of the molecule is COc1ccc(C(CO)NC(=O)OCc2ccccc2)cc1. The molecule has 0 aliphatic carbocycles. The van der Waals surface area contributed by atoms with Gasteiger partial charge in [0.25, 0.3) is 0 Å². The van der Waals surface area contributed by atoms with E-state index in [-0.39, 0.29) is 13.2 Å². The van der Waals surface area contributed by atoms with E-state index in [1.165, 1.54) is 0 Å². The summed E-state index contributed by atoms with van der Waals surface area (Å²) in [5.74, 6) is 0.715. The number of nitrogens with one attached hydrogen (secondary N) is 1. The molecular weight excluding hydrogens is 282 g/mol. The quantitative estimate of drug-likeness (QED) is 0.860. The number of alkyl carbamates (subject to hydrolysis) is 1. The van der Waals surface area contributed by atoms with Crippen LogP contribution in [-0.4, -0.2) is 24.9 Å². The standard InChI is InChI=1S/C17H19NO4/c1-21-15-9-7-14(8-10-15)16(11-19)18-17(20)22-12-13-5-3-2-4-6-13/h2-10,16,19H,11-12H2,1H3,(H,18,20). The number of carbonyl (C=O) groups is 1. The molecule has 5 heteroatoms. The Morgan fingerprint density at radius 2 is 1.82 bits per heavy atom. The fraction of sp³-hybridized carbons (Fsp3) is 0.235. The summed E-state index contributed by atoms with van der Waals surface area (Å²) in [7, 11) is 1.58. The Balaban J connectivity index is 1.90. The molecule has 1 unspecified atom stereocenters. The van der Waals surface area contributed by atoms with E-state index in [1.807, 2.05) is 30.3 Å². The van der Waals surface area contributed by atoms with Crippen LogP contribution in [0.5, 0.6) is 5.75 Å². The second-order valence-electron chi connectivity index (χ2n) is 4.71. The molecule has 0 fully saturated rings. The topological polar surface area (TPSA) is 67.8 Å². The van der Waals surface area contributed by atoms with Crippen LogP contribution in [-0.2, 0) is 11.3 Å². The average molecular weight is 301 g/mol. The van der Waals surface area contributed by atoms with Gasteiger partial charge in [0, 0.05) is 0 Å². The number of aliphatic hydroxyl groups is 1. The Morgan fingerprint density at radius 3 is 2.41 bits per heavy atom. The van der Waals surface area contributed by atoms with Crippen molar-refractivity contribution in [2.24, 2.45) is 0 Å². The maximum atomic E-state index is 11.8. The first-order valence-corrected chi connectivity index (χ1v) is 6.95. The first-order chi connectivity index (χ1) is 10.7. The van der Waals surface area contributed by atoms with Gasteiger partial charge in [0.2, 0.25) is 0 Å². The smallest absolute Gasteiger partial charge is 0.408 e. The van der Waals surface area contributed by atoms with Gasteiger partial charge in [-0.1, -0.05) is 42.5 Å². The molecule has 2 N–H and O–H groups in total. The Morgan fingerprint density at radius 1 is 1.14 bits per heavy atom. The number of hydrogen-bond donors (Lipinski definition) is 2. The molecule has 0 aromatic heterocycles. The van der Waals surface area contributed by atoms with Gasteiger partial charge < -0.3 is 19.9 Å². The van der Waals surface area contributed by atoms with Crippen molar-refractivity contribution in [1.29, 1.82) is 0 Å².